The molecule has 0 unspecified atom stereocenters. The van der Waals surface area contributed by atoms with Gasteiger partial charge in [0, 0.05) is 24.0 Å². The fourth-order valence-electron chi connectivity index (χ4n) is 2.81. The Kier molecular flexibility index (Phi) is 6.62. The minimum absolute atomic E-state index is 0.0136. The van der Waals surface area contributed by atoms with Crippen molar-refractivity contribution in [1.82, 2.24) is 0 Å². The summed E-state index contributed by atoms with van der Waals surface area (Å²) in [6, 6.07) is 17.3. The van der Waals surface area contributed by atoms with Crippen LogP contribution in [0.15, 0.2) is 71.6 Å². The Bertz CT molecular complexity index is 1240. The van der Waals surface area contributed by atoms with Crippen LogP contribution in [-0.2, 0) is 14.8 Å². The van der Waals surface area contributed by atoms with Crippen molar-refractivity contribution in [3.05, 3.63) is 82.9 Å². The molecule has 0 saturated heterocycles. The number of carbonyl (C=O) groups is 2. The second-order valence-corrected chi connectivity index (χ2v) is 8.92. The quantitative estimate of drug-likeness (QED) is 0.500. The van der Waals surface area contributed by atoms with E-state index in [0.717, 1.165) is 5.56 Å². The Hall–Kier alpha value is -3.36. The number of hydrogen-bond donors (Lipinski definition) is 3. The largest absolute Gasteiger partial charge is 0.326 e. The molecule has 31 heavy (non-hydrogen) atoms. The third-order valence-electron chi connectivity index (χ3n) is 4.23. The normalized spacial score (nSPS) is 10.9. The van der Waals surface area contributed by atoms with E-state index in [4.69, 9.17) is 11.6 Å². The molecule has 0 radical (unpaired) electrons. The van der Waals surface area contributed by atoms with Gasteiger partial charge in [0.2, 0.25) is 5.91 Å². The first-order chi connectivity index (χ1) is 14.6. The number of halogens is 1. The molecule has 0 heterocycles. The van der Waals surface area contributed by atoms with Crippen LogP contribution >= 0.6 is 11.6 Å². The van der Waals surface area contributed by atoms with Crippen molar-refractivity contribution in [2.24, 2.45) is 0 Å². The Morgan fingerprint density at radius 1 is 0.839 bits per heavy atom. The predicted octanol–water partition coefficient (Wildman–Crippen LogP) is 4.66. The number of aryl methyl sites for hydroxylation is 1. The smallest absolute Gasteiger partial charge is 0.261 e. The molecule has 3 N–H and O–H groups in total. The summed E-state index contributed by atoms with van der Waals surface area (Å²) in [6.07, 6.45) is 0. The van der Waals surface area contributed by atoms with Gasteiger partial charge in [-0.3, -0.25) is 14.3 Å². The van der Waals surface area contributed by atoms with Crippen LogP contribution in [0, 0.1) is 6.92 Å². The van der Waals surface area contributed by atoms with Crippen LogP contribution in [0.1, 0.15) is 22.8 Å². The summed E-state index contributed by atoms with van der Waals surface area (Å²) in [5, 5.41) is 5.40. The number of benzene rings is 3. The van der Waals surface area contributed by atoms with Crippen LogP contribution in [0.5, 0.6) is 0 Å². The van der Waals surface area contributed by atoms with E-state index >= 15 is 0 Å². The van der Waals surface area contributed by atoms with E-state index in [-0.39, 0.29) is 21.4 Å². The van der Waals surface area contributed by atoms with E-state index in [1.165, 1.54) is 25.1 Å². The molecule has 0 spiro atoms. The van der Waals surface area contributed by atoms with Crippen LogP contribution in [0.4, 0.5) is 17.1 Å². The van der Waals surface area contributed by atoms with Gasteiger partial charge in [-0.05, 0) is 67.1 Å². The molecule has 0 fully saturated rings. The molecule has 160 valence electrons. The highest BCUT2D eigenvalue weighted by molar-refractivity contribution is 7.92. The molecule has 0 aromatic heterocycles. The molecule has 3 aromatic rings. The summed E-state index contributed by atoms with van der Waals surface area (Å²) >= 11 is 6.15. The molecule has 0 atom stereocenters. The van der Waals surface area contributed by atoms with Crippen molar-refractivity contribution >= 4 is 50.5 Å². The van der Waals surface area contributed by atoms with Crippen molar-refractivity contribution in [2.45, 2.75) is 18.7 Å². The highest BCUT2D eigenvalue weighted by atomic mass is 35.5. The minimum atomic E-state index is -3.92. The number of sulfonamides is 1. The van der Waals surface area contributed by atoms with Crippen LogP contribution < -0.4 is 15.4 Å². The molecule has 3 rings (SSSR count). The fourth-order valence-corrected chi connectivity index (χ4v) is 4.09. The van der Waals surface area contributed by atoms with Crippen LogP contribution in [0.25, 0.3) is 0 Å². The zero-order chi connectivity index (χ0) is 22.6. The lowest BCUT2D eigenvalue weighted by atomic mass is 10.2. The first kappa shape index (κ1) is 22.3. The number of hydrogen-bond acceptors (Lipinski definition) is 4. The van der Waals surface area contributed by atoms with E-state index in [0.29, 0.717) is 17.1 Å². The van der Waals surface area contributed by atoms with E-state index in [2.05, 4.69) is 15.4 Å². The highest BCUT2D eigenvalue weighted by Crippen LogP contribution is 2.24. The minimum Gasteiger partial charge on any atom is -0.326 e. The Balaban J connectivity index is 1.81. The maximum absolute atomic E-state index is 12.8. The van der Waals surface area contributed by atoms with Gasteiger partial charge >= 0.3 is 0 Å². The van der Waals surface area contributed by atoms with Crippen LogP contribution in [-0.4, -0.2) is 20.2 Å². The Morgan fingerprint density at radius 3 is 2.10 bits per heavy atom. The molecular weight excluding hydrogens is 438 g/mol. The topological polar surface area (TPSA) is 104 Å². The SMILES string of the molecule is CC(=O)Nc1ccc(NC(=O)c2cc(S(=O)(=O)Nc3cccc(C)c3)ccc2Cl)cc1. The van der Waals surface area contributed by atoms with Gasteiger partial charge in [-0.2, -0.15) is 0 Å². The maximum Gasteiger partial charge on any atom is 0.261 e. The van der Waals surface area contributed by atoms with Gasteiger partial charge in [-0.25, -0.2) is 8.42 Å². The number of anilines is 3. The molecular formula is C22H20ClN3O4S. The zero-order valence-corrected chi connectivity index (χ0v) is 18.3. The average molecular weight is 458 g/mol. The third-order valence-corrected chi connectivity index (χ3v) is 5.93. The van der Waals surface area contributed by atoms with Gasteiger partial charge in [0.25, 0.3) is 15.9 Å². The van der Waals surface area contributed by atoms with Crippen LogP contribution in [0.3, 0.4) is 0 Å². The summed E-state index contributed by atoms with van der Waals surface area (Å²) in [6.45, 7) is 3.25. The average Bonchev–Trinajstić information content (AvgIpc) is 2.69. The van der Waals surface area contributed by atoms with Gasteiger partial charge in [0.1, 0.15) is 0 Å². The number of nitrogens with one attached hydrogen (secondary N) is 3. The maximum atomic E-state index is 12.8. The van der Waals surface area contributed by atoms with Gasteiger partial charge in [-0.1, -0.05) is 23.7 Å². The number of amides is 2. The van der Waals surface area contributed by atoms with E-state index in [1.807, 2.05) is 13.0 Å². The summed E-state index contributed by atoms with van der Waals surface area (Å²) in [4.78, 5) is 23.7. The van der Waals surface area contributed by atoms with Crippen LogP contribution in [0.2, 0.25) is 5.02 Å². The van der Waals surface area contributed by atoms with Crippen molar-refractivity contribution in [3.63, 3.8) is 0 Å². The van der Waals surface area contributed by atoms with Gasteiger partial charge in [-0.15, -0.1) is 0 Å². The second kappa shape index (κ2) is 9.20. The summed E-state index contributed by atoms with van der Waals surface area (Å²) < 4.78 is 28.0. The van der Waals surface area contributed by atoms with E-state index in [9.17, 15) is 18.0 Å². The molecule has 9 heteroatoms. The molecule has 0 aliphatic rings. The number of carbonyl (C=O) groups excluding carboxylic acids is 2. The molecule has 7 nitrogen and oxygen atoms in total. The summed E-state index contributed by atoms with van der Waals surface area (Å²) in [7, 11) is -3.92. The van der Waals surface area contributed by atoms with E-state index < -0.39 is 15.9 Å². The molecule has 0 saturated carbocycles. The highest BCUT2D eigenvalue weighted by Gasteiger charge is 2.19. The predicted molar refractivity (Wildman–Crippen MR) is 122 cm³/mol. The summed E-state index contributed by atoms with van der Waals surface area (Å²) in [5.41, 5.74) is 2.38. The monoisotopic (exact) mass is 457 g/mol. The fraction of sp³-hybridized carbons (Fsp3) is 0.0909. The lowest BCUT2D eigenvalue weighted by Gasteiger charge is -2.12. The third kappa shape index (κ3) is 5.84. The lowest BCUT2D eigenvalue weighted by Crippen LogP contribution is -2.16. The van der Waals surface area contributed by atoms with Crippen molar-refractivity contribution in [1.29, 1.82) is 0 Å². The lowest BCUT2D eigenvalue weighted by molar-refractivity contribution is -0.114. The zero-order valence-electron chi connectivity index (χ0n) is 16.8. The first-order valence-electron chi connectivity index (χ1n) is 9.22. The van der Waals surface area contributed by atoms with Gasteiger partial charge in [0.05, 0.1) is 15.5 Å². The molecule has 0 bridgehead atoms. The standard InChI is InChI=1S/C22H20ClN3O4S/c1-14-4-3-5-18(12-14)26-31(29,30)19-10-11-21(23)20(13-19)22(28)25-17-8-6-16(7-9-17)24-15(2)27/h3-13,26H,1-2H3,(H,24,27)(H,25,28). The molecule has 0 aliphatic carbocycles. The van der Waals surface area contributed by atoms with Gasteiger partial charge < -0.3 is 10.6 Å². The Labute approximate surface area is 185 Å². The molecule has 3 aromatic carbocycles. The number of rotatable bonds is 6. The van der Waals surface area contributed by atoms with Crippen molar-refractivity contribution in [2.75, 3.05) is 15.4 Å². The second-order valence-electron chi connectivity index (χ2n) is 6.83. The van der Waals surface area contributed by atoms with Crippen molar-refractivity contribution < 1.29 is 18.0 Å². The van der Waals surface area contributed by atoms with Crippen molar-refractivity contribution in [3.8, 4) is 0 Å². The Morgan fingerprint density at radius 2 is 1.48 bits per heavy atom. The molecule has 2 amide bonds. The van der Waals surface area contributed by atoms with Gasteiger partial charge in [0.15, 0.2) is 0 Å². The van der Waals surface area contributed by atoms with E-state index in [1.54, 1.807) is 42.5 Å². The summed E-state index contributed by atoms with van der Waals surface area (Å²) in [5.74, 6) is -0.772. The molecule has 0 aliphatic heterocycles. The first-order valence-corrected chi connectivity index (χ1v) is 11.1.